The van der Waals surface area contributed by atoms with Crippen LogP contribution in [0, 0.1) is 20.8 Å². The van der Waals surface area contributed by atoms with Gasteiger partial charge >= 0.3 is 14.2 Å². The van der Waals surface area contributed by atoms with Crippen molar-refractivity contribution in [3.63, 3.8) is 0 Å². The molecule has 0 amide bonds. The molecule has 2 rings (SSSR count). The lowest BCUT2D eigenvalue weighted by Gasteiger charge is -2.12. The van der Waals surface area contributed by atoms with Crippen molar-refractivity contribution in [3.8, 4) is 5.75 Å². The summed E-state index contributed by atoms with van der Waals surface area (Å²) in [6.07, 6.45) is 0. The quantitative estimate of drug-likeness (QED) is 0.793. The number of hydrogen-bond acceptors (Lipinski definition) is 4. The summed E-state index contributed by atoms with van der Waals surface area (Å²) in [6.45, 7) is 5.70. The van der Waals surface area contributed by atoms with Crippen LogP contribution < -0.4 is 4.52 Å². The van der Waals surface area contributed by atoms with Crippen LogP contribution in [0.2, 0.25) is 0 Å². The minimum absolute atomic E-state index is 0.344. The van der Waals surface area contributed by atoms with Crippen LogP contribution in [0.25, 0.3) is 0 Å². The van der Waals surface area contributed by atoms with Gasteiger partial charge in [-0.1, -0.05) is 35.9 Å². The molecule has 0 saturated carbocycles. The molecule has 0 spiro atoms. The Morgan fingerprint density at radius 1 is 1.00 bits per heavy atom. The van der Waals surface area contributed by atoms with E-state index in [0.717, 1.165) is 16.7 Å². The van der Waals surface area contributed by atoms with Crippen molar-refractivity contribution in [2.75, 3.05) is 0 Å². The molecule has 0 aliphatic heterocycles. The fraction of sp³-hybridized carbons (Fsp3) is 0.188. The predicted octanol–water partition coefficient (Wildman–Crippen LogP) is 4.24. The first-order valence-electron chi connectivity index (χ1n) is 6.54. The summed E-state index contributed by atoms with van der Waals surface area (Å²) in [5, 5.41) is 0. The molecule has 0 bridgehead atoms. The lowest BCUT2D eigenvalue weighted by Crippen LogP contribution is -2.01. The number of aryl methyl sites for hydroxylation is 3. The molecule has 1 unspecified atom stereocenters. The molecule has 110 valence electrons. The van der Waals surface area contributed by atoms with E-state index in [1.54, 1.807) is 30.3 Å². The van der Waals surface area contributed by atoms with Crippen LogP contribution >= 0.6 is 8.25 Å². The van der Waals surface area contributed by atoms with E-state index >= 15 is 0 Å². The van der Waals surface area contributed by atoms with Gasteiger partial charge in [0.25, 0.3) is 0 Å². The van der Waals surface area contributed by atoms with Gasteiger partial charge in [-0.15, -0.1) is 0 Å². The fourth-order valence-corrected chi connectivity index (χ4v) is 2.94. The van der Waals surface area contributed by atoms with Gasteiger partial charge in [0.15, 0.2) is 0 Å². The van der Waals surface area contributed by atoms with Crippen LogP contribution in [0.15, 0.2) is 42.5 Å². The third-order valence-electron chi connectivity index (χ3n) is 2.98. The van der Waals surface area contributed by atoms with Gasteiger partial charge in [-0.05, 0) is 44.0 Å². The van der Waals surface area contributed by atoms with Gasteiger partial charge in [-0.25, -0.2) is 9.36 Å². The van der Waals surface area contributed by atoms with Gasteiger partial charge in [0.2, 0.25) is 0 Å². The molecule has 2 aromatic carbocycles. The highest BCUT2D eigenvalue weighted by Gasteiger charge is 2.14. The van der Waals surface area contributed by atoms with Crippen molar-refractivity contribution in [2.24, 2.45) is 0 Å². The molecular weight excluding hydrogens is 287 g/mol. The highest BCUT2D eigenvalue weighted by molar-refractivity contribution is 7.34. The van der Waals surface area contributed by atoms with E-state index in [-0.39, 0.29) is 0 Å². The molecular formula is C16H17O4P. The third kappa shape index (κ3) is 3.96. The second kappa shape index (κ2) is 6.59. The van der Waals surface area contributed by atoms with E-state index < -0.39 is 14.2 Å². The molecule has 0 aromatic heterocycles. The molecule has 1 atom stereocenters. The minimum Gasteiger partial charge on any atom is -0.417 e. The molecule has 0 aliphatic carbocycles. The molecule has 21 heavy (non-hydrogen) atoms. The topological polar surface area (TPSA) is 52.6 Å². The molecule has 2 aromatic rings. The number of hydrogen-bond donors (Lipinski definition) is 0. The van der Waals surface area contributed by atoms with Crippen LogP contribution in [0.4, 0.5) is 0 Å². The van der Waals surface area contributed by atoms with E-state index in [1.807, 2.05) is 32.9 Å². The highest BCUT2D eigenvalue weighted by atomic mass is 31.1. The van der Waals surface area contributed by atoms with Gasteiger partial charge in [0.1, 0.15) is 5.75 Å². The minimum atomic E-state index is -2.94. The van der Waals surface area contributed by atoms with Crippen molar-refractivity contribution < 1.29 is 18.4 Å². The molecule has 4 nitrogen and oxygen atoms in total. The lowest BCUT2D eigenvalue weighted by atomic mass is 10.1. The number of carbonyl (C=O) groups is 1. The molecule has 0 saturated heterocycles. The summed E-state index contributed by atoms with van der Waals surface area (Å²) in [6, 6.07) is 12.3. The highest BCUT2D eigenvalue weighted by Crippen LogP contribution is 2.34. The molecule has 0 aliphatic rings. The Balaban J connectivity index is 2.08. The summed E-state index contributed by atoms with van der Waals surface area (Å²) in [5.41, 5.74) is 3.17. The second-order valence-corrected chi connectivity index (χ2v) is 5.74. The smallest absolute Gasteiger partial charge is 0.417 e. The Morgan fingerprint density at radius 3 is 2.14 bits per heavy atom. The van der Waals surface area contributed by atoms with Crippen molar-refractivity contribution in [1.29, 1.82) is 0 Å². The molecule has 5 heteroatoms. The number of rotatable bonds is 4. The summed E-state index contributed by atoms with van der Waals surface area (Å²) in [5.74, 6) is -0.146. The van der Waals surface area contributed by atoms with E-state index in [9.17, 15) is 9.36 Å². The van der Waals surface area contributed by atoms with Crippen LogP contribution in [-0.2, 0) is 9.09 Å². The largest absolute Gasteiger partial charge is 0.421 e. The Kier molecular flexibility index (Phi) is 4.81. The van der Waals surface area contributed by atoms with Crippen molar-refractivity contribution >= 4 is 14.2 Å². The summed E-state index contributed by atoms with van der Waals surface area (Å²) >= 11 is 0. The summed E-state index contributed by atoms with van der Waals surface area (Å²) in [7, 11) is -2.94. The zero-order chi connectivity index (χ0) is 15.4. The fourth-order valence-electron chi connectivity index (χ4n) is 2.14. The normalized spacial score (nSPS) is 11.8. The Bertz CT molecular complexity index is 657. The van der Waals surface area contributed by atoms with Gasteiger partial charge in [-0.3, -0.25) is 0 Å². The average molecular weight is 304 g/mol. The first-order valence-corrected chi connectivity index (χ1v) is 7.76. The van der Waals surface area contributed by atoms with Crippen LogP contribution in [-0.4, -0.2) is 5.97 Å². The maximum Gasteiger partial charge on any atom is 0.421 e. The molecule has 0 radical (unpaired) electrons. The predicted molar refractivity (Wildman–Crippen MR) is 82.1 cm³/mol. The lowest BCUT2D eigenvalue weighted by molar-refractivity contribution is 0.0733. The van der Waals surface area contributed by atoms with Gasteiger partial charge in [0, 0.05) is 0 Å². The summed E-state index contributed by atoms with van der Waals surface area (Å²) < 4.78 is 22.1. The summed E-state index contributed by atoms with van der Waals surface area (Å²) in [4.78, 5) is 11.8. The zero-order valence-corrected chi connectivity index (χ0v) is 13.2. The second-order valence-electron chi connectivity index (χ2n) is 4.84. The Morgan fingerprint density at radius 2 is 1.57 bits per heavy atom. The van der Waals surface area contributed by atoms with Crippen LogP contribution in [0.1, 0.15) is 27.0 Å². The van der Waals surface area contributed by atoms with Gasteiger partial charge < -0.3 is 9.05 Å². The monoisotopic (exact) mass is 304 g/mol. The van der Waals surface area contributed by atoms with Crippen molar-refractivity contribution in [3.05, 3.63) is 64.7 Å². The maximum atomic E-state index is 11.9. The maximum absolute atomic E-state index is 11.9. The molecule has 0 N–H and O–H groups in total. The Labute approximate surface area is 124 Å². The van der Waals surface area contributed by atoms with Crippen LogP contribution in [0.3, 0.4) is 0 Å². The van der Waals surface area contributed by atoms with E-state index in [2.05, 4.69) is 0 Å². The first-order chi connectivity index (χ1) is 9.97. The Hall–Kier alpha value is -2.06. The van der Waals surface area contributed by atoms with Gasteiger partial charge in [-0.2, -0.15) is 0 Å². The van der Waals surface area contributed by atoms with E-state index in [1.165, 1.54) is 0 Å². The standard InChI is InChI=1S/C16H17O4P/c1-11-9-12(2)15(13(3)10-11)19-21(18)20-16(17)14-7-5-4-6-8-14/h4-10,21H,1-3H3. The van der Waals surface area contributed by atoms with E-state index in [4.69, 9.17) is 9.05 Å². The molecule has 0 heterocycles. The van der Waals surface area contributed by atoms with Gasteiger partial charge in [0.05, 0.1) is 5.56 Å². The first kappa shape index (κ1) is 15.3. The number of carbonyl (C=O) groups excluding carboxylic acids is 1. The zero-order valence-electron chi connectivity index (χ0n) is 12.2. The SMILES string of the molecule is Cc1cc(C)c(O[PH](=O)OC(=O)c2ccccc2)c(C)c1. The molecule has 0 fully saturated rings. The van der Waals surface area contributed by atoms with Crippen molar-refractivity contribution in [2.45, 2.75) is 20.8 Å². The number of benzene rings is 2. The average Bonchev–Trinajstić information content (AvgIpc) is 2.43. The third-order valence-corrected chi connectivity index (χ3v) is 3.70. The van der Waals surface area contributed by atoms with E-state index in [0.29, 0.717) is 11.3 Å². The van der Waals surface area contributed by atoms with Crippen molar-refractivity contribution in [1.82, 2.24) is 0 Å². The van der Waals surface area contributed by atoms with Crippen LogP contribution in [0.5, 0.6) is 5.75 Å².